The van der Waals surface area contributed by atoms with E-state index in [1.54, 1.807) is 6.92 Å². The molecule has 2 amide bonds. The maximum Gasteiger partial charge on any atom is 0.326 e. The number of amides is 2. The van der Waals surface area contributed by atoms with E-state index >= 15 is 0 Å². The van der Waals surface area contributed by atoms with Crippen molar-refractivity contribution < 1.29 is 19.5 Å². The van der Waals surface area contributed by atoms with Gasteiger partial charge in [0.25, 0.3) is 0 Å². The standard InChI is InChI=1S/C14H29N5O4/c1-2-9(17)12(20)18-10(6-8-16)13(21)19-11(14(22)23)5-3-4-7-15/h9-11H,2-8,15-17H2,1H3,(H,18,20)(H,19,21)(H,22,23)/t9?,10?,11-/m0/s1. The van der Waals surface area contributed by atoms with Crippen LogP contribution in [0.2, 0.25) is 0 Å². The van der Waals surface area contributed by atoms with Crippen molar-refractivity contribution in [3.8, 4) is 0 Å². The van der Waals surface area contributed by atoms with E-state index in [1.807, 2.05) is 0 Å². The van der Waals surface area contributed by atoms with Crippen LogP contribution in [0.4, 0.5) is 0 Å². The lowest BCUT2D eigenvalue weighted by atomic mass is 10.1. The second kappa shape index (κ2) is 11.8. The molecule has 0 saturated carbocycles. The summed E-state index contributed by atoms with van der Waals surface area (Å²) in [6.45, 7) is 2.38. The minimum atomic E-state index is -1.13. The van der Waals surface area contributed by atoms with Gasteiger partial charge >= 0.3 is 5.97 Å². The second-order valence-corrected chi connectivity index (χ2v) is 5.34. The molecule has 0 aliphatic rings. The molecule has 0 aromatic heterocycles. The molecular formula is C14H29N5O4. The minimum Gasteiger partial charge on any atom is -0.480 e. The van der Waals surface area contributed by atoms with Crippen LogP contribution in [0.5, 0.6) is 0 Å². The number of nitrogens with two attached hydrogens (primary N) is 3. The van der Waals surface area contributed by atoms with Gasteiger partial charge in [-0.1, -0.05) is 6.92 Å². The average molecular weight is 331 g/mol. The van der Waals surface area contributed by atoms with Crippen LogP contribution in [-0.4, -0.2) is 54.1 Å². The Kier molecular flexibility index (Phi) is 10.9. The molecule has 23 heavy (non-hydrogen) atoms. The number of carbonyl (C=O) groups excluding carboxylic acids is 2. The molecule has 9 nitrogen and oxygen atoms in total. The molecule has 0 fully saturated rings. The molecule has 0 bridgehead atoms. The Bertz CT molecular complexity index is 391. The Labute approximate surface area is 136 Å². The summed E-state index contributed by atoms with van der Waals surface area (Å²) < 4.78 is 0. The van der Waals surface area contributed by atoms with Crippen molar-refractivity contribution in [3.63, 3.8) is 0 Å². The normalized spacial score (nSPS) is 14.6. The van der Waals surface area contributed by atoms with Crippen molar-refractivity contribution in [2.75, 3.05) is 13.1 Å². The molecule has 9 N–H and O–H groups in total. The fraction of sp³-hybridized carbons (Fsp3) is 0.786. The Balaban J connectivity index is 4.73. The molecule has 0 aromatic carbocycles. The summed E-state index contributed by atoms with van der Waals surface area (Å²) in [5.74, 6) is -2.16. The first-order valence-electron chi connectivity index (χ1n) is 7.86. The van der Waals surface area contributed by atoms with Gasteiger partial charge in [-0.05, 0) is 45.2 Å². The molecule has 0 radical (unpaired) electrons. The number of nitrogens with one attached hydrogen (secondary N) is 2. The van der Waals surface area contributed by atoms with Crippen molar-refractivity contribution in [2.45, 2.75) is 57.2 Å². The molecule has 2 unspecified atom stereocenters. The minimum absolute atomic E-state index is 0.171. The molecule has 0 spiro atoms. The summed E-state index contributed by atoms with van der Waals surface area (Å²) in [4.78, 5) is 35.2. The van der Waals surface area contributed by atoms with Crippen molar-refractivity contribution in [1.82, 2.24) is 10.6 Å². The van der Waals surface area contributed by atoms with Crippen molar-refractivity contribution in [3.05, 3.63) is 0 Å². The number of carbonyl (C=O) groups is 3. The van der Waals surface area contributed by atoms with Crippen LogP contribution in [-0.2, 0) is 14.4 Å². The fourth-order valence-corrected chi connectivity index (χ4v) is 1.92. The first kappa shape index (κ1) is 21.3. The van der Waals surface area contributed by atoms with Gasteiger partial charge in [0.15, 0.2) is 0 Å². The van der Waals surface area contributed by atoms with Gasteiger partial charge in [0, 0.05) is 0 Å². The van der Waals surface area contributed by atoms with Gasteiger partial charge in [-0.3, -0.25) is 9.59 Å². The van der Waals surface area contributed by atoms with Crippen LogP contribution in [0.15, 0.2) is 0 Å². The van der Waals surface area contributed by atoms with Crippen molar-refractivity contribution >= 4 is 17.8 Å². The van der Waals surface area contributed by atoms with Gasteiger partial charge in [0.2, 0.25) is 11.8 Å². The van der Waals surface area contributed by atoms with Crippen LogP contribution >= 0.6 is 0 Å². The summed E-state index contributed by atoms with van der Waals surface area (Å²) in [6.07, 6.45) is 2.16. The monoisotopic (exact) mass is 331 g/mol. The Morgan fingerprint density at radius 2 is 1.57 bits per heavy atom. The molecule has 134 valence electrons. The number of hydrogen-bond donors (Lipinski definition) is 6. The summed E-state index contributed by atoms with van der Waals surface area (Å²) in [5, 5.41) is 14.1. The summed E-state index contributed by atoms with van der Waals surface area (Å²) in [7, 11) is 0. The molecule has 9 heteroatoms. The first-order chi connectivity index (χ1) is 10.9. The number of carboxylic acids is 1. The highest BCUT2D eigenvalue weighted by Gasteiger charge is 2.26. The SMILES string of the molecule is CCC(N)C(=O)NC(CCN)C(=O)N[C@@H](CCCCN)C(=O)O. The van der Waals surface area contributed by atoms with Crippen LogP contribution in [0.25, 0.3) is 0 Å². The first-order valence-corrected chi connectivity index (χ1v) is 7.86. The number of unbranched alkanes of at least 4 members (excludes halogenated alkanes) is 1. The van der Waals surface area contributed by atoms with Crippen LogP contribution in [0.3, 0.4) is 0 Å². The Hall–Kier alpha value is -1.71. The zero-order valence-corrected chi connectivity index (χ0v) is 13.6. The average Bonchev–Trinajstić information content (AvgIpc) is 2.52. The molecule has 0 saturated heterocycles. The number of rotatable bonds is 12. The third kappa shape index (κ3) is 8.48. The van der Waals surface area contributed by atoms with Crippen molar-refractivity contribution in [2.24, 2.45) is 17.2 Å². The Morgan fingerprint density at radius 3 is 2.04 bits per heavy atom. The highest BCUT2D eigenvalue weighted by atomic mass is 16.4. The van der Waals surface area contributed by atoms with E-state index in [9.17, 15) is 14.4 Å². The van der Waals surface area contributed by atoms with Gasteiger partial charge in [-0.15, -0.1) is 0 Å². The zero-order valence-electron chi connectivity index (χ0n) is 13.6. The van der Waals surface area contributed by atoms with E-state index in [2.05, 4.69) is 10.6 Å². The maximum atomic E-state index is 12.2. The van der Waals surface area contributed by atoms with Gasteiger partial charge in [-0.25, -0.2) is 4.79 Å². The molecule has 0 heterocycles. The second-order valence-electron chi connectivity index (χ2n) is 5.34. The summed E-state index contributed by atoms with van der Waals surface area (Å²) >= 11 is 0. The highest BCUT2D eigenvalue weighted by Crippen LogP contribution is 2.03. The Morgan fingerprint density at radius 1 is 0.957 bits per heavy atom. The fourth-order valence-electron chi connectivity index (χ4n) is 1.92. The van der Waals surface area contributed by atoms with Gasteiger partial charge in [0.1, 0.15) is 12.1 Å². The van der Waals surface area contributed by atoms with E-state index < -0.39 is 35.9 Å². The lowest BCUT2D eigenvalue weighted by molar-refractivity contribution is -0.142. The third-order valence-corrected chi connectivity index (χ3v) is 3.43. The smallest absolute Gasteiger partial charge is 0.326 e. The third-order valence-electron chi connectivity index (χ3n) is 3.43. The topological polar surface area (TPSA) is 174 Å². The quantitative estimate of drug-likeness (QED) is 0.230. The molecular weight excluding hydrogens is 302 g/mol. The maximum absolute atomic E-state index is 12.2. The molecule has 3 atom stereocenters. The van der Waals surface area contributed by atoms with Crippen LogP contribution in [0, 0.1) is 0 Å². The zero-order chi connectivity index (χ0) is 17.8. The molecule has 0 aliphatic heterocycles. The van der Waals surface area contributed by atoms with Gasteiger partial charge < -0.3 is 32.9 Å². The number of carboxylic acid groups (broad SMARTS) is 1. The molecule has 0 rings (SSSR count). The van der Waals surface area contributed by atoms with Crippen LogP contribution < -0.4 is 27.8 Å². The predicted molar refractivity (Wildman–Crippen MR) is 86.3 cm³/mol. The largest absolute Gasteiger partial charge is 0.480 e. The molecule has 0 aromatic rings. The van der Waals surface area contributed by atoms with E-state index in [4.69, 9.17) is 22.3 Å². The summed E-state index contributed by atoms with van der Waals surface area (Å²) in [5.41, 5.74) is 16.4. The predicted octanol–water partition coefficient (Wildman–Crippen LogP) is -1.74. The van der Waals surface area contributed by atoms with Gasteiger partial charge in [-0.2, -0.15) is 0 Å². The summed E-state index contributed by atoms with van der Waals surface area (Å²) in [6, 6.07) is -2.64. The number of aliphatic carboxylic acids is 1. The van der Waals surface area contributed by atoms with Gasteiger partial charge in [0.05, 0.1) is 6.04 Å². The lowest BCUT2D eigenvalue weighted by Crippen LogP contribution is -2.54. The molecule has 0 aliphatic carbocycles. The van der Waals surface area contributed by atoms with E-state index in [1.165, 1.54) is 0 Å². The van der Waals surface area contributed by atoms with Crippen molar-refractivity contribution in [1.29, 1.82) is 0 Å². The number of hydrogen-bond acceptors (Lipinski definition) is 6. The highest BCUT2D eigenvalue weighted by molar-refractivity contribution is 5.91. The lowest BCUT2D eigenvalue weighted by Gasteiger charge is -2.22. The van der Waals surface area contributed by atoms with E-state index in [-0.39, 0.29) is 19.4 Å². The van der Waals surface area contributed by atoms with E-state index in [0.29, 0.717) is 25.8 Å². The van der Waals surface area contributed by atoms with E-state index in [0.717, 1.165) is 0 Å². The van der Waals surface area contributed by atoms with Crippen LogP contribution in [0.1, 0.15) is 39.0 Å².